The van der Waals surface area contributed by atoms with Crippen LogP contribution < -0.4 is 9.47 Å². The van der Waals surface area contributed by atoms with E-state index in [0.29, 0.717) is 35.6 Å². The minimum Gasteiger partial charge on any atom is -0.485 e. The topological polar surface area (TPSA) is 75.5 Å². The lowest BCUT2D eigenvalue weighted by molar-refractivity contribution is -0.137. The van der Waals surface area contributed by atoms with Crippen LogP contribution in [-0.4, -0.2) is 40.2 Å². The molecular formula is C16H17N3O4S. The van der Waals surface area contributed by atoms with Gasteiger partial charge in [-0.3, -0.25) is 9.36 Å². The van der Waals surface area contributed by atoms with Gasteiger partial charge in [0.1, 0.15) is 6.61 Å². The summed E-state index contributed by atoms with van der Waals surface area (Å²) in [6.07, 6.45) is 1.37. The van der Waals surface area contributed by atoms with Crippen LogP contribution >= 0.6 is 11.8 Å². The maximum atomic E-state index is 11.3. The van der Waals surface area contributed by atoms with Gasteiger partial charge in [0.15, 0.2) is 28.6 Å². The first-order valence-corrected chi connectivity index (χ1v) is 8.33. The maximum Gasteiger partial charge on any atom is 0.316 e. The highest BCUT2D eigenvalue weighted by molar-refractivity contribution is 7.99. The first-order valence-electron chi connectivity index (χ1n) is 7.35. The quantitative estimate of drug-likeness (QED) is 0.451. The van der Waals surface area contributed by atoms with Gasteiger partial charge in [0, 0.05) is 6.54 Å². The third-order valence-corrected chi connectivity index (χ3v) is 4.34. The number of carbonyl (C=O) groups excluding carboxylic acids is 1. The summed E-state index contributed by atoms with van der Waals surface area (Å²) >= 11 is 1.26. The Bertz CT molecular complexity index is 747. The molecule has 126 valence electrons. The normalized spacial score (nSPS) is 15.8. The van der Waals surface area contributed by atoms with Crippen LogP contribution in [0.4, 0.5) is 0 Å². The number of nitrogens with zero attached hydrogens (tertiary/aromatic N) is 3. The fourth-order valence-corrected chi connectivity index (χ4v) is 3.06. The number of thioether (sulfide) groups is 1. The number of hydrogen-bond donors (Lipinski definition) is 0. The van der Waals surface area contributed by atoms with E-state index in [1.54, 1.807) is 6.08 Å². The summed E-state index contributed by atoms with van der Waals surface area (Å²) in [5, 5.41) is 8.99. The van der Waals surface area contributed by atoms with E-state index in [0.717, 1.165) is 0 Å². The zero-order chi connectivity index (χ0) is 16.9. The predicted molar refractivity (Wildman–Crippen MR) is 88.3 cm³/mol. The zero-order valence-corrected chi connectivity index (χ0v) is 14.0. The Morgan fingerprint density at radius 2 is 2.25 bits per heavy atom. The summed E-state index contributed by atoms with van der Waals surface area (Å²) in [5.74, 6) is 1.86. The lowest BCUT2D eigenvalue weighted by Crippen LogP contribution is -2.25. The van der Waals surface area contributed by atoms with Crippen LogP contribution in [-0.2, 0) is 16.1 Å². The summed E-state index contributed by atoms with van der Waals surface area (Å²) < 4.78 is 18.2. The van der Waals surface area contributed by atoms with Gasteiger partial charge in [-0.25, -0.2) is 0 Å². The van der Waals surface area contributed by atoms with Crippen molar-refractivity contribution in [2.45, 2.75) is 17.8 Å². The second-order valence-electron chi connectivity index (χ2n) is 4.97. The molecule has 1 atom stereocenters. The van der Waals surface area contributed by atoms with E-state index in [1.807, 2.05) is 28.8 Å². The smallest absolute Gasteiger partial charge is 0.316 e. The van der Waals surface area contributed by atoms with Crippen LogP contribution in [0.25, 0.3) is 0 Å². The Kier molecular flexibility index (Phi) is 5.05. The fraction of sp³-hybridized carbons (Fsp3) is 0.312. The molecule has 2 heterocycles. The van der Waals surface area contributed by atoms with Crippen LogP contribution in [0, 0.1) is 0 Å². The average molecular weight is 347 g/mol. The van der Waals surface area contributed by atoms with E-state index in [-0.39, 0.29) is 17.8 Å². The van der Waals surface area contributed by atoms with Gasteiger partial charge >= 0.3 is 5.97 Å². The molecule has 0 unspecified atom stereocenters. The second kappa shape index (κ2) is 7.39. The second-order valence-corrected chi connectivity index (χ2v) is 5.91. The average Bonchev–Trinajstić information content (AvgIpc) is 3.02. The van der Waals surface area contributed by atoms with E-state index in [9.17, 15) is 4.79 Å². The Labute approximate surface area is 143 Å². The molecule has 3 rings (SSSR count). The number of esters is 1. The number of rotatable bonds is 6. The van der Waals surface area contributed by atoms with Crippen LogP contribution in [0.2, 0.25) is 0 Å². The number of hydrogen-bond acceptors (Lipinski definition) is 7. The van der Waals surface area contributed by atoms with Gasteiger partial charge in [0.25, 0.3) is 0 Å². The number of benzene rings is 1. The van der Waals surface area contributed by atoms with E-state index < -0.39 is 0 Å². The summed E-state index contributed by atoms with van der Waals surface area (Å²) in [6, 6.07) is 7.49. The lowest BCUT2D eigenvalue weighted by atomic mass is 10.2. The molecule has 0 aliphatic carbocycles. The molecule has 0 radical (unpaired) electrons. The molecule has 0 bridgehead atoms. The van der Waals surface area contributed by atoms with Crippen molar-refractivity contribution in [2.75, 3.05) is 19.5 Å². The molecular weight excluding hydrogens is 330 g/mol. The van der Waals surface area contributed by atoms with Crippen LogP contribution in [0.3, 0.4) is 0 Å². The molecule has 8 heteroatoms. The molecule has 0 spiro atoms. The molecule has 0 saturated carbocycles. The van der Waals surface area contributed by atoms with Crippen molar-refractivity contribution < 1.29 is 19.0 Å². The van der Waals surface area contributed by atoms with E-state index >= 15 is 0 Å². The van der Waals surface area contributed by atoms with Gasteiger partial charge in [0.05, 0.1) is 12.9 Å². The number of para-hydroxylation sites is 2. The molecule has 0 amide bonds. The van der Waals surface area contributed by atoms with Gasteiger partial charge in [-0.05, 0) is 12.1 Å². The number of carbonyl (C=O) groups is 1. The van der Waals surface area contributed by atoms with Crippen LogP contribution in [0.15, 0.2) is 42.1 Å². The molecule has 0 fully saturated rings. The minimum atomic E-state index is -0.375. The highest BCUT2D eigenvalue weighted by Gasteiger charge is 2.28. The van der Waals surface area contributed by atoms with Crippen molar-refractivity contribution in [1.82, 2.24) is 14.8 Å². The minimum absolute atomic E-state index is 0.163. The number of methoxy groups -OCH3 is 1. The van der Waals surface area contributed by atoms with E-state index in [1.165, 1.54) is 18.9 Å². The van der Waals surface area contributed by atoms with Crippen molar-refractivity contribution in [3.63, 3.8) is 0 Å². The summed E-state index contributed by atoms with van der Waals surface area (Å²) in [6.45, 7) is 4.61. The SMILES string of the molecule is C=CCn1c(SCC(=O)OC)nnc1[C@@H]1COc2ccccc2O1. The zero-order valence-electron chi connectivity index (χ0n) is 13.2. The highest BCUT2D eigenvalue weighted by atomic mass is 32.2. The van der Waals surface area contributed by atoms with Gasteiger partial charge in [-0.2, -0.15) is 0 Å². The molecule has 1 aliphatic rings. The molecule has 1 aliphatic heterocycles. The first kappa shape index (κ1) is 16.4. The van der Waals surface area contributed by atoms with Gasteiger partial charge < -0.3 is 14.2 Å². The van der Waals surface area contributed by atoms with Gasteiger partial charge in [-0.1, -0.05) is 30.0 Å². The van der Waals surface area contributed by atoms with Crippen molar-refractivity contribution in [3.8, 4) is 11.5 Å². The van der Waals surface area contributed by atoms with Crippen LogP contribution in [0.5, 0.6) is 11.5 Å². The molecule has 1 aromatic carbocycles. The Morgan fingerprint density at radius 1 is 1.46 bits per heavy atom. The molecule has 1 aromatic heterocycles. The third kappa shape index (κ3) is 3.38. The van der Waals surface area contributed by atoms with E-state index in [4.69, 9.17) is 9.47 Å². The van der Waals surface area contributed by atoms with Gasteiger partial charge in [-0.15, -0.1) is 16.8 Å². The lowest BCUT2D eigenvalue weighted by Gasteiger charge is -2.26. The fourth-order valence-electron chi connectivity index (χ4n) is 2.27. The molecule has 0 saturated heterocycles. The standard InChI is InChI=1S/C16H17N3O4S/c1-3-8-19-15(17-18-16(19)24-10-14(20)21-2)13-9-22-11-6-4-5-7-12(11)23-13/h3-7,13H,1,8-10H2,2H3/t13-/m0/s1. The van der Waals surface area contributed by atoms with Gasteiger partial charge in [0.2, 0.25) is 0 Å². The molecule has 7 nitrogen and oxygen atoms in total. The van der Waals surface area contributed by atoms with Crippen LogP contribution in [0.1, 0.15) is 11.9 Å². The van der Waals surface area contributed by atoms with Crippen molar-refractivity contribution in [1.29, 1.82) is 0 Å². The summed E-state index contributed by atoms with van der Waals surface area (Å²) in [5.41, 5.74) is 0. The largest absolute Gasteiger partial charge is 0.485 e. The number of fused-ring (bicyclic) bond motifs is 1. The predicted octanol–water partition coefficient (Wildman–Crippen LogP) is 2.24. The molecule has 24 heavy (non-hydrogen) atoms. The van der Waals surface area contributed by atoms with Crippen molar-refractivity contribution in [3.05, 3.63) is 42.7 Å². The highest BCUT2D eigenvalue weighted by Crippen LogP contribution is 2.36. The Morgan fingerprint density at radius 3 is 3.00 bits per heavy atom. The Hall–Kier alpha value is -2.48. The molecule has 2 aromatic rings. The third-order valence-electron chi connectivity index (χ3n) is 3.40. The molecule has 0 N–H and O–H groups in total. The number of allylic oxidation sites excluding steroid dienone is 1. The Balaban J connectivity index is 1.82. The van der Waals surface area contributed by atoms with Crippen molar-refractivity contribution in [2.24, 2.45) is 0 Å². The number of aromatic nitrogens is 3. The number of ether oxygens (including phenoxy) is 3. The first-order chi connectivity index (χ1) is 11.7. The monoisotopic (exact) mass is 347 g/mol. The van der Waals surface area contributed by atoms with Crippen molar-refractivity contribution >= 4 is 17.7 Å². The van der Waals surface area contributed by atoms with E-state index in [2.05, 4.69) is 21.5 Å². The maximum absolute atomic E-state index is 11.3. The summed E-state index contributed by atoms with van der Waals surface area (Å²) in [4.78, 5) is 11.3. The summed E-state index contributed by atoms with van der Waals surface area (Å²) in [7, 11) is 1.35.